The molecule has 4 aromatic rings. The fourth-order valence-electron chi connectivity index (χ4n) is 3.99. The van der Waals surface area contributed by atoms with Crippen molar-refractivity contribution in [3.8, 4) is 17.2 Å². The first-order valence-electron chi connectivity index (χ1n) is 12.4. The summed E-state index contributed by atoms with van der Waals surface area (Å²) < 4.78 is 11.7. The number of ketones is 1. The van der Waals surface area contributed by atoms with Crippen molar-refractivity contribution in [3.63, 3.8) is 0 Å². The lowest BCUT2D eigenvalue weighted by atomic mass is 10.1. The van der Waals surface area contributed by atoms with Gasteiger partial charge in [-0.05, 0) is 43.7 Å². The Hall–Kier alpha value is -4.65. The first-order chi connectivity index (χ1) is 18.4. The average molecular weight is 511 g/mol. The van der Waals surface area contributed by atoms with Crippen molar-refractivity contribution in [1.82, 2.24) is 10.3 Å². The van der Waals surface area contributed by atoms with E-state index in [1.54, 1.807) is 31.2 Å². The van der Waals surface area contributed by atoms with E-state index in [1.165, 1.54) is 6.08 Å². The smallest absolute Gasteiger partial charge is 0.326 e. The normalized spacial score (nSPS) is 12.1. The quantitative estimate of drug-likeness (QED) is 0.188. The van der Waals surface area contributed by atoms with Crippen molar-refractivity contribution in [1.29, 1.82) is 0 Å². The topological polar surface area (TPSA) is 102 Å². The summed E-state index contributed by atoms with van der Waals surface area (Å²) in [6, 6.07) is 25.1. The zero-order valence-corrected chi connectivity index (χ0v) is 21.4. The summed E-state index contributed by atoms with van der Waals surface area (Å²) in [7, 11) is 0. The largest absolute Gasteiger partial charge is 0.493 e. The summed E-state index contributed by atoms with van der Waals surface area (Å²) in [6.07, 6.45) is 2.27. The molecule has 3 aromatic carbocycles. The second kappa shape index (κ2) is 12.5. The number of carbonyl (C=O) groups excluding carboxylic acids is 1. The number of allylic oxidation sites excluding steroid dienone is 2. The number of aromatic nitrogens is 1. The van der Waals surface area contributed by atoms with Crippen LogP contribution in [0.4, 0.5) is 0 Å². The number of nitrogens with one attached hydrogen (secondary N) is 1. The molecule has 7 nitrogen and oxygen atoms in total. The van der Waals surface area contributed by atoms with Gasteiger partial charge >= 0.3 is 5.97 Å². The second-order valence-electron chi connectivity index (χ2n) is 8.93. The van der Waals surface area contributed by atoms with Gasteiger partial charge in [0.15, 0.2) is 5.78 Å². The predicted molar refractivity (Wildman–Crippen MR) is 145 cm³/mol. The van der Waals surface area contributed by atoms with Crippen LogP contribution in [0.1, 0.15) is 34.3 Å². The van der Waals surface area contributed by atoms with Gasteiger partial charge in [-0.15, -0.1) is 0 Å². The molecule has 0 saturated heterocycles. The minimum absolute atomic E-state index is 0.182. The molecule has 0 radical (unpaired) electrons. The molecule has 2 N–H and O–H groups in total. The van der Waals surface area contributed by atoms with Gasteiger partial charge in [-0.3, -0.25) is 4.79 Å². The number of rotatable bonds is 12. The van der Waals surface area contributed by atoms with E-state index in [9.17, 15) is 14.7 Å². The monoisotopic (exact) mass is 510 g/mol. The fourth-order valence-corrected chi connectivity index (χ4v) is 3.99. The maximum Gasteiger partial charge on any atom is 0.326 e. The first-order valence-corrected chi connectivity index (χ1v) is 12.4. The molecule has 1 heterocycles. The molecule has 0 unspecified atom stereocenters. The fraction of sp³-hybridized carbons (Fsp3) is 0.194. The van der Waals surface area contributed by atoms with E-state index in [4.69, 9.17) is 9.15 Å². The maximum absolute atomic E-state index is 12.4. The van der Waals surface area contributed by atoms with Crippen molar-refractivity contribution in [2.24, 2.45) is 0 Å². The van der Waals surface area contributed by atoms with Gasteiger partial charge in [0.05, 0.1) is 12.3 Å². The molecule has 194 valence electrons. The van der Waals surface area contributed by atoms with Crippen LogP contribution in [0.15, 0.2) is 101 Å². The van der Waals surface area contributed by atoms with Crippen LogP contribution in [-0.4, -0.2) is 34.5 Å². The molecule has 4 rings (SSSR count). The molecule has 0 aliphatic heterocycles. The van der Waals surface area contributed by atoms with Crippen molar-refractivity contribution in [2.75, 3.05) is 6.61 Å². The highest BCUT2D eigenvalue weighted by Crippen LogP contribution is 2.22. The average Bonchev–Trinajstić information content (AvgIpc) is 3.30. The van der Waals surface area contributed by atoms with Crippen LogP contribution >= 0.6 is 0 Å². The second-order valence-corrected chi connectivity index (χ2v) is 8.93. The van der Waals surface area contributed by atoms with Gasteiger partial charge in [-0.25, -0.2) is 9.78 Å². The SMILES string of the molecule is CC(=CC(=O)c1ccccc1)N[C@@H](Cc1ccc(OCCc2nc(-c3ccccc3)oc2C)cc1)C(=O)O. The summed E-state index contributed by atoms with van der Waals surface area (Å²) in [4.78, 5) is 28.8. The van der Waals surface area contributed by atoms with E-state index in [-0.39, 0.29) is 12.2 Å². The predicted octanol–water partition coefficient (Wildman–Crippen LogP) is 5.64. The van der Waals surface area contributed by atoms with Crippen LogP contribution in [-0.2, 0) is 17.6 Å². The van der Waals surface area contributed by atoms with E-state index < -0.39 is 12.0 Å². The van der Waals surface area contributed by atoms with E-state index >= 15 is 0 Å². The van der Waals surface area contributed by atoms with Crippen LogP contribution in [0.5, 0.6) is 5.75 Å². The third kappa shape index (κ3) is 7.20. The zero-order valence-electron chi connectivity index (χ0n) is 21.4. The van der Waals surface area contributed by atoms with Crippen molar-refractivity contribution in [3.05, 3.63) is 119 Å². The highest BCUT2D eigenvalue weighted by Gasteiger charge is 2.18. The number of benzene rings is 3. The Balaban J connectivity index is 1.30. The number of ether oxygens (including phenoxy) is 1. The third-order valence-electron chi connectivity index (χ3n) is 5.99. The zero-order chi connectivity index (χ0) is 26.9. The Kier molecular flexibility index (Phi) is 8.72. The number of hydrogen-bond acceptors (Lipinski definition) is 6. The molecule has 0 fully saturated rings. The Labute approximate surface area is 221 Å². The Morgan fingerprint density at radius 1 is 1.00 bits per heavy atom. The number of aryl methyl sites for hydroxylation is 1. The van der Waals surface area contributed by atoms with E-state index in [1.807, 2.05) is 67.6 Å². The number of nitrogens with zero attached hydrogens (tertiary/aromatic N) is 1. The van der Waals surface area contributed by atoms with Gasteiger partial charge in [-0.2, -0.15) is 0 Å². The molecule has 0 spiro atoms. The van der Waals surface area contributed by atoms with Crippen molar-refractivity contribution < 1.29 is 23.8 Å². The molecular formula is C31H30N2O5. The van der Waals surface area contributed by atoms with Gasteiger partial charge in [-0.1, -0.05) is 60.7 Å². The van der Waals surface area contributed by atoms with Crippen LogP contribution in [0, 0.1) is 6.92 Å². The molecule has 1 aromatic heterocycles. The molecule has 0 saturated carbocycles. The van der Waals surface area contributed by atoms with Gasteiger partial charge in [0.1, 0.15) is 17.6 Å². The Bertz CT molecular complexity index is 1390. The van der Waals surface area contributed by atoms with Crippen LogP contribution < -0.4 is 10.1 Å². The summed E-state index contributed by atoms with van der Waals surface area (Å²) >= 11 is 0. The van der Waals surface area contributed by atoms with Crippen molar-refractivity contribution >= 4 is 11.8 Å². The minimum Gasteiger partial charge on any atom is -0.493 e. The standard InChI is InChI=1S/C31H30N2O5/c1-21(19-29(34)24-9-5-3-6-10-24)32-28(31(35)36)20-23-13-15-26(16-14-23)37-18-17-27-22(2)38-30(33-27)25-11-7-4-8-12-25/h3-16,19,28,32H,17-18,20H2,1-2H3,(H,35,36)/t28-/m0/s1. The van der Waals surface area contributed by atoms with Crippen LogP contribution in [0.25, 0.3) is 11.5 Å². The molecule has 7 heteroatoms. The number of aliphatic carboxylic acids is 1. The van der Waals surface area contributed by atoms with Gasteiger partial charge in [0.25, 0.3) is 0 Å². The summed E-state index contributed by atoms with van der Waals surface area (Å²) in [5.41, 5.74) is 3.65. The third-order valence-corrected chi connectivity index (χ3v) is 5.99. The number of carboxylic acid groups (broad SMARTS) is 1. The van der Waals surface area contributed by atoms with Crippen LogP contribution in [0.2, 0.25) is 0 Å². The van der Waals surface area contributed by atoms with Crippen LogP contribution in [0.3, 0.4) is 0 Å². The number of hydrogen-bond donors (Lipinski definition) is 2. The lowest BCUT2D eigenvalue weighted by molar-refractivity contribution is -0.139. The summed E-state index contributed by atoms with van der Waals surface area (Å²) in [5.74, 6) is 0.868. The van der Waals surface area contributed by atoms with Gasteiger partial charge in [0.2, 0.25) is 5.89 Å². The highest BCUT2D eigenvalue weighted by molar-refractivity contribution is 6.04. The highest BCUT2D eigenvalue weighted by atomic mass is 16.5. The summed E-state index contributed by atoms with van der Waals surface area (Å²) in [6.45, 7) is 4.01. The number of carbonyl (C=O) groups is 2. The Morgan fingerprint density at radius 2 is 1.66 bits per heavy atom. The lowest BCUT2D eigenvalue weighted by Gasteiger charge is -2.16. The van der Waals surface area contributed by atoms with Crippen molar-refractivity contribution in [2.45, 2.75) is 32.7 Å². The maximum atomic E-state index is 12.4. The molecular weight excluding hydrogens is 480 g/mol. The molecule has 38 heavy (non-hydrogen) atoms. The van der Waals surface area contributed by atoms with E-state index in [2.05, 4.69) is 10.3 Å². The Morgan fingerprint density at radius 3 is 2.32 bits per heavy atom. The van der Waals surface area contributed by atoms with Gasteiger partial charge < -0.3 is 19.6 Å². The molecule has 0 aliphatic carbocycles. The number of oxazole rings is 1. The first kappa shape index (κ1) is 26.4. The summed E-state index contributed by atoms with van der Waals surface area (Å²) in [5, 5.41) is 12.6. The molecule has 1 atom stereocenters. The minimum atomic E-state index is -0.997. The lowest BCUT2D eigenvalue weighted by Crippen LogP contribution is -2.37. The van der Waals surface area contributed by atoms with E-state index in [0.717, 1.165) is 22.6 Å². The van der Waals surface area contributed by atoms with Gasteiger partial charge in [0, 0.05) is 35.7 Å². The molecule has 0 bridgehead atoms. The molecule has 0 amide bonds. The molecule has 0 aliphatic rings. The van der Waals surface area contributed by atoms with E-state index in [0.29, 0.717) is 35.9 Å². The number of carboxylic acids is 1.